The second-order valence-electron chi connectivity index (χ2n) is 25.4. The molecule has 5 unspecified atom stereocenters. The Morgan fingerprint density at radius 1 is 0.272 bits per heavy atom. The number of esters is 3. The van der Waals surface area contributed by atoms with Crippen LogP contribution in [-0.4, -0.2) is 95.9 Å². The predicted molar refractivity (Wildman–Crippen MR) is 426 cm³/mol. The maximum atomic E-state index is 13.0. The van der Waals surface area contributed by atoms with Crippen LogP contribution in [0.15, 0.2) is 182 Å². The summed E-state index contributed by atoms with van der Waals surface area (Å²) in [5.74, 6) is -1.65. The molecule has 0 heterocycles. The first kappa shape index (κ1) is 97.7. The molecule has 18 heteroatoms. The molecule has 0 aromatic carbocycles. The molecule has 0 rings (SSSR count). The molecule has 0 bridgehead atoms. The van der Waals surface area contributed by atoms with Gasteiger partial charge >= 0.3 is 33.6 Å². The average molecular weight is 1480 g/mol. The number of unbranched alkanes of at least 4 members (excludes halogenated alkanes) is 19. The SMILES string of the molecule is CC/C=C\C/C=C\C/C=C\C/C=C\C/C=C\C/C=C\CCCCCCC(=O)OCC(COP(=O)(O)OCC(O)COP(=O)(O)OCC(O)COC(=O)CCCCCCCCCCCCC/C=C\C/C=C\C/C=C\C/C=C\C/C=C\CC)OC(=O)CCCCCC/C=C\C/C=C\C/C=C\C/C=C\CC. The van der Waals surface area contributed by atoms with Crippen molar-refractivity contribution in [2.45, 2.75) is 296 Å². The number of carbonyl (C=O) groups is 3. The summed E-state index contributed by atoms with van der Waals surface area (Å²) in [5, 5.41) is 20.6. The van der Waals surface area contributed by atoms with Gasteiger partial charge in [-0.1, -0.05) is 287 Å². The Morgan fingerprint density at radius 2 is 0.485 bits per heavy atom. The van der Waals surface area contributed by atoms with Crippen LogP contribution in [0.4, 0.5) is 0 Å². The lowest BCUT2D eigenvalue weighted by molar-refractivity contribution is -0.161. The van der Waals surface area contributed by atoms with E-state index in [2.05, 4.69) is 203 Å². The molecule has 0 aliphatic carbocycles. The van der Waals surface area contributed by atoms with Crippen molar-refractivity contribution in [2.24, 2.45) is 0 Å². The number of carbonyl (C=O) groups excluding carboxylic acids is 3. The van der Waals surface area contributed by atoms with Crippen molar-refractivity contribution in [1.29, 1.82) is 0 Å². The molecule has 0 aliphatic heterocycles. The van der Waals surface area contributed by atoms with Crippen LogP contribution >= 0.6 is 15.6 Å². The molecule has 584 valence electrons. The van der Waals surface area contributed by atoms with Crippen molar-refractivity contribution in [3.8, 4) is 0 Å². The molecule has 16 nitrogen and oxygen atoms in total. The summed E-state index contributed by atoms with van der Waals surface area (Å²) in [6, 6.07) is 0. The van der Waals surface area contributed by atoms with Crippen molar-refractivity contribution in [3.63, 3.8) is 0 Å². The van der Waals surface area contributed by atoms with Gasteiger partial charge in [-0.3, -0.25) is 32.5 Å². The third-order valence-electron chi connectivity index (χ3n) is 15.6. The van der Waals surface area contributed by atoms with Crippen molar-refractivity contribution in [2.75, 3.05) is 39.6 Å². The zero-order valence-corrected chi connectivity index (χ0v) is 65.5. The Bertz CT molecular complexity index is 2600. The van der Waals surface area contributed by atoms with Gasteiger partial charge in [-0.25, -0.2) is 9.13 Å². The van der Waals surface area contributed by atoms with E-state index in [0.29, 0.717) is 19.3 Å². The largest absolute Gasteiger partial charge is 0.472 e. The minimum absolute atomic E-state index is 0.0632. The van der Waals surface area contributed by atoms with Gasteiger partial charge in [0.2, 0.25) is 0 Å². The summed E-state index contributed by atoms with van der Waals surface area (Å²) in [6.07, 6.45) is 97.9. The molecule has 0 radical (unpaired) electrons. The van der Waals surface area contributed by atoms with E-state index in [1.54, 1.807) is 0 Å². The number of hydrogen-bond acceptors (Lipinski definition) is 14. The van der Waals surface area contributed by atoms with Crippen LogP contribution in [0.1, 0.15) is 278 Å². The van der Waals surface area contributed by atoms with Crippen LogP contribution in [-0.2, 0) is 55.8 Å². The molecule has 0 spiro atoms. The van der Waals surface area contributed by atoms with E-state index in [1.807, 2.05) is 0 Å². The number of hydrogen-bond donors (Lipinski definition) is 4. The molecule has 0 aromatic heterocycles. The van der Waals surface area contributed by atoms with E-state index in [0.717, 1.165) is 180 Å². The van der Waals surface area contributed by atoms with E-state index >= 15 is 0 Å². The quantitative estimate of drug-likeness (QED) is 0.0146. The first-order chi connectivity index (χ1) is 50.2. The van der Waals surface area contributed by atoms with Crippen molar-refractivity contribution in [3.05, 3.63) is 182 Å². The highest BCUT2D eigenvalue weighted by Crippen LogP contribution is 2.45. The van der Waals surface area contributed by atoms with E-state index in [4.69, 9.17) is 32.3 Å². The molecule has 0 saturated carbocycles. The van der Waals surface area contributed by atoms with Crippen LogP contribution in [0.2, 0.25) is 0 Å². The third kappa shape index (κ3) is 77.6. The number of allylic oxidation sites excluding steroid dienone is 30. The summed E-state index contributed by atoms with van der Waals surface area (Å²) in [7, 11) is -9.82. The Hall–Kier alpha value is -5.35. The molecule has 5 atom stereocenters. The monoisotopic (exact) mass is 1480 g/mol. The fourth-order valence-electron chi connectivity index (χ4n) is 9.77. The van der Waals surface area contributed by atoms with Crippen LogP contribution in [0.3, 0.4) is 0 Å². The van der Waals surface area contributed by atoms with E-state index in [-0.39, 0.29) is 19.3 Å². The molecule has 0 amide bonds. The van der Waals surface area contributed by atoms with Crippen LogP contribution in [0.25, 0.3) is 0 Å². The Morgan fingerprint density at radius 3 is 0.767 bits per heavy atom. The molecule has 0 fully saturated rings. The zero-order valence-electron chi connectivity index (χ0n) is 63.7. The Labute approximate surface area is 624 Å². The lowest BCUT2D eigenvalue weighted by atomic mass is 10.0. The topological polar surface area (TPSA) is 231 Å². The second kappa shape index (κ2) is 76.3. The molecular weight excluding hydrogens is 1340 g/mol. The van der Waals surface area contributed by atoms with Crippen molar-refractivity contribution < 1.29 is 75.8 Å². The molecular formula is C85H138O16P2. The number of aliphatic hydroxyl groups excluding tert-OH is 2. The Kier molecular flexibility index (Phi) is 72.3. The van der Waals surface area contributed by atoms with Gasteiger partial charge in [0.25, 0.3) is 0 Å². The number of rotatable bonds is 72. The highest BCUT2D eigenvalue weighted by Gasteiger charge is 2.29. The van der Waals surface area contributed by atoms with Gasteiger partial charge in [-0.2, -0.15) is 0 Å². The molecule has 4 N–H and O–H groups in total. The van der Waals surface area contributed by atoms with E-state index in [1.165, 1.54) is 38.5 Å². The minimum Gasteiger partial charge on any atom is -0.463 e. The van der Waals surface area contributed by atoms with Gasteiger partial charge in [0, 0.05) is 19.3 Å². The van der Waals surface area contributed by atoms with Crippen LogP contribution in [0, 0.1) is 0 Å². The number of phosphoric acid groups is 2. The van der Waals surface area contributed by atoms with Crippen molar-refractivity contribution >= 4 is 33.6 Å². The number of ether oxygens (including phenoxy) is 3. The zero-order chi connectivity index (χ0) is 75.2. The second-order valence-corrected chi connectivity index (χ2v) is 28.3. The summed E-state index contributed by atoms with van der Waals surface area (Å²) < 4.78 is 61.1. The van der Waals surface area contributed by atoms with E-state index in [9.17, 15) is 43.5 Å². The molecule has 0 saturated heterocycles. The fourth-order valence-corrected chi connectivity index (χ4v) is 11.4. The van der Waals surface area contributed by atoms with Crippen LogP contribution < -0.4 is 0 Å². The predicted octanol–water partition coefficient (Wildman–Crippen LogP) is 23.0. The summed E-state index contributed by atoms with van der Waals surface area (Å²) in [4.78, 5) is 58.7. The van der Waals surface area contributed by atoms with Gasteiger partial charge in [-0.15, -0.1) is 0 Å². The Balaban J connectivity index is 4.67. The van der Waals surface area contributed by atoms with Gasteiger partial charge in [0.15, 0.2) is 6.10 Å². The highest BCUT2D eigenvalue weighted by atomic mass is 31.2. The lowest BCUT2D eigenvalue weighted by Crippen LogP contribution is -2.30. The summed E-state index contributed by atoms with van der Waals surface area (Å²) >= 11 is 0. The van der Waals surface area contributed by atoms with Gasteiger partial charge < -0.3 is 34.2 Å². The number of phosphoric ester groups is 2. The highest BCUT2D eigenvalue weighted by molar-refractivity contribution is 7.47. The lowest BCUT2D eigenvalue weighted by Gasteiger charge is -2.21. The summed E-state index contributed by atoms with van der Waals surface area (Å²) in [6.45, 7) is 2.26. The fraction of sp³-hybridized carbons (Fsp3) is 0.612. The first-order valence-corrected chi connectivity index (χ1v) is 42.1. The average Bonchev–Trinajstić information content (AvgIpc) is 0.918. The summed E-state index contributed by atoms with van der Waals surface area (Å²) in [5.41, 5.74) is 0. The minimum atomic E-state index is -4.95. The molecule has 0 aliphatic rings. The van der Waals surface area contributed by atoms with Gasteiger partial charge in [-0.05, 0) is 154 Å². The maximum Gasteiger partial charge on any atom is 0.472 e. The third-order valence-corrected chi connectivity index (χ3v) is 17.5. The molecule has 103 heavy (non-hydrogen) atoms. The molecule has 0 aromatic rings. The maximum absolute atomic E-state index is 13.0. The standard InChI is InChI=1S/C85H138O16P2/c1-4-7-10-13-16-19-22-25-28-31-33-35-37-38-39-40-42-44-45-48-50-53-56-59-62-65-68-71-83(88)95-74-80(86)75-97-102(91,92)98-76-81(87)77-99-103(93,94)100-79-82(101-85(90)73-70-67-64-61-58-55-52-47-30-27-24-21-18-15-12-9-6-3)78-96-84(89)72-69-66-63-60-57-54-51-49-46-43-41-36-34-32-29-26-23-20-17-14-11-8-5-2/h7-12,16-21,25-30,33-36,38-39,43,46,51-52,54-55,80-82,86-87H,4-6,13-15,22-24,31-32,37,40-42,44-45,47-50,53,56-79H2,1-3H3,(H,91,92)(H,93,94)/b10-7-,11-8-,12-9-,19-16-,20-17-,21-18-,28-25-,29-26-,30-27-,35-33-,36-34-,39-38-,46-43-,54-51-,55-52-. The van der Waals surface area contributed by atoms with Gasteiger partial charge in [0.1, 0.15) is 25.4 Å². The van der Waals surface area contributed by atoms with Crippen molar-refractivity contribution in [1.82, 2.24) is 0 Å². The smallest absolute Gasteiger partial charge is 0.463 e. The first-order valence-electron chi connectivity index (χ1n) is 39.1. The van der Waals surface area contributed by atoms with Gasteiger partial charge in [0.05, 0.1) is 26.4 Å². The number of aliphatic hydroxyl groups is 2. The van der Waals surface area contributed by atoms with Crippen LogP contribution in [0.5, 0.6) is 0 Å². The van der Waals surface area contributed by atoms with E-state index < -0.39 is 91.5 Å². The normalized spacial score (nSPS) is 15.0.